The lowest BCUT2D eigenvalue weighted by atomic mass is 9.95. The Kier molecular flexibility index (Phi) is 6.69. The van der Waals surface area contributed by atoms with Gasteiger partial charge in [-0.05, 0) is 56.4 Å². The fourth-order valence-corrected chi connectivity index (χ4v) is 1.99. The molecule has 0 saturated heterocycles. The Morgan fingerprint density at radius 1 is 1.30 bits per heavy atom. The number of aliphatic hydroxyl groups is 1. The van der Waals surface area contributed by atoms with Crippen LogP contribution >= 0.6 is 0 Å². The molecule has 6 heteroatoms. The van der Waals surface area contributed by atoms with Gasteiger partial charge in [-0.15, -0.1) is 0 Å². The van der Waals surface area contributed by atoms with Crippen molar-refractivity contribution >= 4 is 17.5 Å². The van der Waals surface area contributed by atoms with E-state index in [1.807, 2.05) is 13.8 Å². The van der Waals surface area contributed by atoms with Crippen molar-refractivity contribution in [2.45, 2.75) is 46.1 Å². The molecule has 1 aromatic carbocycles. The van der Waals surface area contributed by atoms with Crippen LogP contribution in [0.4, 0.5) is 10.1 Å². The van der Waals surface area contributed by atoms with Crippen LogP contribution in [0.1, 0.15) is 39.2 Å². The number of carbonyl (C=O) groups excluding carboxylic acids is 2. The normalized spacial score (nSPS) is 13.5. The van der Waals surface area contributed by atoms with Gasteiger partial charge in [0.15, 0.2) is 0 Å². The number of aryl methyl sites for hydroxylation is 1. The lowest BCUT2D eigenvalue weighted by Crippen LogP contribution is -2.44. The van der Waals surface area contributed by atoms with E-state index in [2.05, 4.69) is 10.6 Å². The van der Waals surface area contributed by atoms with E-state index < -0.39 is 23.2 Å². The summed E-state index contributed by atoms with van der Waals surface area (Å²) in [6.07, 6.45) is 1.35. The largest absolute Gasteiger partial charge is 0.388 e. The smallest absolute Gasteiger partial charge is 0.313 e. The molecule has 0 bridgehead atoms. The fourth-order valence-electron chi connectivity index (χ4n) is 1.99. The summed E-state index contributed by atoms with van der Waals surface area (Å²) < 4.78 is 13.0. The van der Waals surface area contributed by atoms with Gasteiger partial charge in [0, 0.05) is 12.2 Å². The van der Waals surface area contributed by atoms with Crippen LogP contribution in [0.2, 0.25) is 0 Å². The first-order chi connectivity index (χ1) is 10.6. The predicted molar refractivity (Wildman–Crippen MR) is 87.5 cm³/mol. The summed E-state index contributed by atoms with van der Waals surface area (Å²) in [6, 6.07) is 3.87. The van der Waals surface area contributed by atoms with Gasteiger partial charge in [0.25, 0.3) is 0 Å². The van der Waals surface area contributed by atoms with Crippen molar-refractivity contribution in [3.8, 4) is 0 Å². The molecule has 0 aliphatic carbocycles. The van der Waals surface area contributed by atoms with Crippen LogP contribution in [-0.4, -0.2) is 29.1 Å². The SMILES string of the molecule is Cc1cc(F)ccc1NC(=O)C(=O)NC[C@@](C)(O)CCC(C)C. The van der Waals surface area contributed by atoms with Crippen LogP contribution in [0, 0.1) is 18.7 Å². The van der Waals surface area contributed by atoms with Crippen molar-refractivity contribution in [1.82, 2.24) is 5.32 Å². The van der Waals surface area contributed by atoms with E-state index in [4.69, 9.17) is 0 Å². The molecule has 1 rings (SSSR count). The van der Waals surface area contributed by atoms with Gasteiger partial charge in [0.05, 0.1) is 5.60 Å². The van der Waals surface area contributed by atoms with Crippen molar-refractivity contribution in [1.29, 1.82) is 0 Å². The number of nitrogens with one attached hydrogen (secondary N) is 2. The molecule has 0 heterocycles. The van der Waals surface area contributed by atoms with E-state index in [-0.39, 0.29) is 6.54 Å². The Balaban J connectivity index is 2.52. The number of anilines is 1. The quantitative estimate of drug-likeness (QED) is 0.703. The van der Waals surface area contributed by atoms with Crippen molar-refractivity contribution in [2.75, 3.05) is 11.9 Å². The first-order valence-electron chi connectivity index (χ1n) is 7.68. The maximum Gasteiger partial charge on any atom is 0.313 e. The van der Waals surface area contributed by atoms with Gasteiger partial charge in [-0.25, -0.2) is 4.39 Å². The second-order valence-electron chi connectivity index (χ2n) is 6.53. The average Bonchev–Trinajstić information content (AvgIpc) is 2.45. The third kappa shape index (κ3) is 6.78. The Morgan fingerprint density at radius 2 is 1.96 bits per heavy atom. The molecule has 128 valence electrons. The zero-order valence-electron chi connectivity index (χ0n) is 14.1. The highest BCUT2D eigenvalue weighted by molar-refractivity contribution is 6.39. The highest BCUT2D eigenvalue weighted by Crippen LogP contribution is 2.16. The third-order valence-corrected chi connectivity index (χ3v) is 3.53. The summed E-state index contributed by atoms with van der Waals surface area (Å²) >= 11 is 0. The average molecular weight is 324 g/mol. The van der Waals surface area contributed by atoms with Gasteiger partial charge < -0.3 is 15.7 Å². The number of benzene rings is 1. The van der Waals surface area contributed by atoms with E-state index in [9.17, 15) is 19.1 Å². The molecule has 23 heavy (non-hydrogen) atoms. The molecule has 0 spiro atoms. The maximum atomic E-state index is 13.0. The lowest BCUT2D eigenvalue weighted by Gasteiger charge is -2.24. The monoisotopic (exact) mass is 324 g/mol. The molecular formula is C17H25FN2O3. The molecule has 0 aliphatic heterocycles. The predicted octanol–water partition coefficient (Wildman–Crippen LogP) is 2.38. The fraction of sp³-hybridized carbons (Fsp3) is 0.529. The van der Waals surface area contributed by atoms with E-state index in [1.54, 1.807) is 13.8 Å². The van der Waals surface area contributed by atoms with E-state index >= 15 is 0 Å². The Bertz CT molecular complexity index is 571. The van der Waals surface area contributed by atoms with E-state index in [1.165, 1.54) is 18.2 Å². The second-order valence-corrected chi connectivity index (χ2v) is 6.53. The molecule has 0 radical (unpaired) electrons. The number of hydrogen-bond acceptors (Lipinski definition) is 3. The van der Waals surface area contributed by atoms with Crippen LogP contribution in [0.25, 0.3) is 0 Å². The topological polar surface area (TPSA) is 78.4 Å². The summed E-state index contributed by atoms with van der Waals surface area (Å²) in [5, 5.41) is 15.0. The van der Waals surface area contributed by atoms with Crippen molar-refractivity contribution in [3.63, 3.8) is 0 Å². The number of hydrogen-bond donors (Lipinski definition) is 3. The molecule has 0 aliphatic rings. The molecule has 0 unspecified atom stereocenters. The maximum absolute atomic E-state index is 13.0. The molecule has 0 saturated carbocycles. The summed E-state index contributed by atoms with van der Waals surface area (Å²) in [5.41, 5.74) is -0.167. The Labute approximate surface area is 136 Å². The minimum absolute atomic E-state index is 0.00558. The highest BCUT2D eigenvalue weighted by Gasteiger charge is 2.23. The minimum Gasteiger partial charge on any atom is -0.388 e. The van der Waals surface area contributed by atoms with Crippen LogP contribution in [0.5, 0.6) is 0 Å². The highest BCUT2D eigenvalue weighted by atomic mass is 19.1. The summed E-state index contributed by atoms with van der Waals surface area (Å²) in [7, 11) is 0. The van der Waals surface area contributed by atoms with Gasteiger partial charge in [0.2, 0.25) is 0 Å². The zero-order valence-corrected chi connectivity index (χ0v) is 14.1. The van der Waals surface area contributed by atoms with Crippen LogP contribution < -0.4 is 10.6 Å². The van der Waals surface area contributed by atoms with Crippen LogP contribution in [0.3, 0.4) is 0 Å². The minimum atomic E-state index is -1.06. The first-order valence-corrected chi connectivity index (χ1v) is 7.68. The Morgan fingerprint density at radius 3 is 2.52 bits per heavy atom. The van der Waals surface area contributed by atoms with Gasteiger partial charge >= 0.3 is 11.8 Å². The second kappa shape index (κ2) is 8.06. The van der Waals surface area contributed by atoms with Gasteiger partial charge in [-0.2, -0.15) is 0 Å². The zero-order chi connectivity index (χ0) is 17.6. The van der Waals surface area contributed by atoms with Crippen molar-refractivity contribution < 1.29 is 19.1 Å². The summed E-state index contributed by atoms with van der Waals surface area (Å²) in [4.78, 5) is 23.6. The summed E-state index contributed by atoms with van der Waals surface area (Å²) in [6.45, 7) is 7.35. The lowest BCUT2D eigenvalue weighted by molar-refractivity contribution is -0.136. The van der Waals surface area contributed by atoms with Crippen LogP contribution in [-0.2, 0) is 9.59 Å². The third-order valence-electron chi connectivity index (χ3n) is 3.53. The van der Waals surface area contributed by atoms with Gasteiger partial charge in [-0.3, -0.25) is 9.59 Å². The van der Waals surface area contributed by atoms with Crippen LogP contribution in [0.15, 0.2) is 18.2 Å². The standard InChI is InChI=1S/C17H25FN2O3/c1-11(2)7-8-17(4,23)10-19-15(21)16(22)20-14-6-5-13(18)9-12(14)3/h5-6,9,11,23H,7-8,10H2,1-4H3,(H,19,21)(H,20,22)/t17-/m0/s1. The molecule has 1 aromatic rings. The number of rotatable bonds is 6. The molecule has 5 nitrogen and oxygen atoms in total. The van der Waals surface area contributed by atoms with E-state index in [0.29, 0.717) is 23.6 Å². The molecule has 3 N–H and O–H groups in total. The molecule has 0 aromatic heterocycles. The van der Waals surface area contributed by atoms with Crippen molar-refractivity contribution in [2.24, 2.45) is 5.92 Å². The first kappa shape index (κ1) is 19.1. The Hall–Kier alpha value is -1.95. The molecule has 1 atom stereocenters. The molecular weight excluding hydrogens is 299 g/mol. The van der Waals surface area contributed by atoms with Gasteiger partial charge in [0.1, 0.15) is 5.82 Å². The van der Waals surface area contributed by atoms with E-state index in [0.717, 1.165) is 6.42 Å². The van der Waals surface area contributed by atoms with Gasteiger partial charge in [-0.1, -0.05) is 13.8 Å². The number of carbonyl (C=O) groups is 2. The molecule has 2 amide bonds. The number of halogens is 1. The molecule has 0 fully saturated rings. The summed E-state index contributed by atoms with van der Waals surface area (Å²) in [5.74, 6) is -1.65. The van der Waals surface area contributed by atoms with Crippen molar-refractivity contribution in [3.05, 3.63) is 29.6 Å². The number of amides is 2.